The van der Waals surface area contributed by atoms with E-state index in [0.717, 1.165) is 12.0 Å². The van der Waals surface area contributed by atoms with Gasteiger partial charge in [0.2, 0.25) is 0 Å². The summed E-state index contributed by atoms with van der Waals surface area (Å²) in [6.07, 6.45) is 0.943. The van der Waals surface area contributed by atoms with Crippen LogP contribution in [0, 0.1) is 12.8 Å². The number of hydrogen-bond donors (Lipinski definition) is 2. The second-order valence-corrected chi connectivity index (χ2v) is 8.62. The van der Waals surface area contributed by atoms with Crippen LogP contribution in [-0.4, -0.2) is 24.9 Å². The van der Waals surface area contributed by atoms with Gasteiger partial charge >= 0.3 is 0 Å². The van der Waals surface area contributed by atoms with Crippen molar-refractivity contribution in [3.8, 4) is 0 Å². The highest BCUT2D eigenvalue weighted by Gasteiger charge is 2.19. The van der Waals surface area contributed by atoms with Crippen LogP contribution in [-0.2, 0) is 10.0 Å². The molecule has 3 rings (SSSR count). The molecule has 0 unspecified atom stereocenters. The monoisotopic (exact) mass is 384 g/mol. The fourth-order valence-electron chi connectivity index (χ4n) is 2.64. The largest absolute Gasteiger partial charge is 0.367 e. The third-order valence-electron chi connectivity index (χ3n) is 4.12. The van der Waals surface area contributed by atoms with Gasteiger partial charge in [0, 0.05) is 6.54 Å². The van der Waals surface area contributed by atoms with Gasteiger partial charge in [0.25, 0.3) is 10.0 Å². The molecule has 0 amide bonds. The number of fused-ring (bicyclic) bond motifs is 1. The molecule has 0 radical (unpaired) electrons. The second kappa shape index (κ2) is 7.92. The van der Waals surface area contributed by atoms with Crippen LogP contribution in [0.5, 0.6) is 0 Å². The van der Waals surface area contributed by atoms with E-state index in [-0.39, 0.29) is 10.7 Å². The smallest absolute Gasteiger partial charge is 0.263 e. The van der Waals surface area contributed by atoms with Gasteiger partial charge in [-0.05, 0) is 49.1 Å². The SMILES string of the molecule is Cc1cccc(S(=O)(=O)Nc2nc3ccccc3nc2NCCC(C)C)c1. The topological polar surface area (TPSA) is 84.0 Å². The molecule has 2 N–H and O–H groups in total. The number of aryl methyl sites for hydroxylation is 1. The molecule has 1 aromatic heterocycles. The first-order valence-corrected chi connectivity index (χ1v) is 10.4. The first-order chi connectivity index (χ1) is 12.8. The number of hydrogen-bond acceptors (Lipinski definition) is 5. The number of nitrogens with zero attached hydrogens (tertiary/aromatic N) is 2. The van der Waals surface area contributed by atoms with E-state index in [4.69, 9.17) is 0 Å². The van der Waals surface area contributed by atoms with Crippen molar-refractivity contribution in [1.29, 1.82) is 0 Å². The predicted octanol–water partition coefficient (Wildman–Crippen LogP) is 4.20. The number of nitrogens with one attached hydrogen (secondary N) is 2. The van der Waals surface area contributed by atoms with Crippen molar-refractivity contribution in [3.63, 3.8) is 0 Å². The lowest BCUT2D eigenvalue weighted by Crippen LogP contribution is -2.17. The minimum absolute atomic E-state index is 0.200. The quantitative estimate of drug-likeness (QED) is 0.638. The van der Waals surface area contributed by atoms with Crippen LogP contribution in [0.2, 0.25) is 0 Å². The summed E-state index contributed by atoms with van der Waals surface area (Å²) in [6.45, 7) is 6.81. The number of anilines is 2. The highest BCUT2D eigenvalue weighted by Crippen LogP contribution is 2.24. The van der Waals surface area contributed by atoms with E-state index < -0.39 is 10.0 Å². The standard InChI is InChI=1S/C20H24N4O2S/c1-14(2)11-12-21-19-20(23-18-10-5-4-9-17(18)22-19)24-27(25,26)16-8-6-7-15(3)13-16/h4-10,13-14H,11-12H2,1-3H3,(H,21,22)(H,23,24). The minimum atomic E-state index is -3.76. The Hall–Kier alpha value is -2.67. The summed E-state index contributed by atoms with van der Waals surface area (Å²) in [5.41, 5.74) is 2.22. The molecule has 0 saturated carbocycles. The van der Waals surface area contributed by atoms with Crippen LogP contribution in [0.15, 0.2) is 53.4 Å². The van der Waals surface area contributed by atoms with Gasteiger partial charge in [-0.2, -0.15) is 0 Å². The molecule has 0 saturated heterocycles. The lowest BCUT2D eigenvalue weighted by Gasteiger charge is -2.14. The fraction of sp³-hybridized carbons (Fsp3) is 0.300. The first kappa shape index (κ1) is 19.1. The summed E-state index contributed by atoms with van der Waals surface area (Å²) in [4.78, 5) is 9.26. The van der Waals surface area contributed by atoms with E-state index in [9.17, 15) is 8.42 Å². The molecule has 0 fully saturated rings. The number of para-hydroxylation sites is 2. The molecule has 0 aliphatic rings. The average molecular weight is 385 g/mol. The minimum Gasteiger partial charge on any atom is -0.367 e. The Morgan fingerprint density at radius 3 is 2.26 bits per heavy atom. The van der Waals surface area contributed by atoms with Crippen molar-refractivity contribution in [1.82, 2.24) is 9.97 Å². The van der Waals surface area contributed by atoms with Crippen LogP contribution in [0.4, 0.5) is 11.6 Å². The highest BCUT2D eigenvalue weighted by molar-refractivity contribution is 7.92. The fourth-order valence-corrected chi connectivity index (χ4v) is 3.76. The van der Waals surface area contributed by atoms with Crippen molar-refractivity contribution < 1.29 is 8.42 Å². The van der Waals surface area contributed by atoms with Crippen molar-refractivity contribution in [2.24, 2.45) is 5.92 Å². The van der Waals surface area contributed by atoms with Crippen LogP contribution in [0.25, 0.3) is 11.0 Å². The third-order valence-corrected chi connectivity index (χ3v) is 5.45. The third kappa shape index (κ3) is 4.74. The van der Waals surface area contributed by atoms with Crippen LogP contribution in [0.1, 0.15) is 25.8 Å². The van der Waals surface area contributed by atoms with Gasteiger partial charge in [-0.1, -0.05) is 38.1 Å². The van der Waals surface area contributed by atoms with Gasteiger partial charge < -0.3 is 5.32 Å². The Morgan fingerprint density at radius 2 is 1.63 bits per heavy atom. The molecule has 0 aliphatic heterocycles. The summed E-state index contributed by atoms with van der Waals surface area (Å²) in [6, 6.07) is 14.2. The molecule has 0 spiro atoms. The molecule has 1 heterocycles. The molecule has 3 aromatic rings. The van der Waals surface area contributed by atoms with Gasteiger partial charge in [0.1, 0.15) is 0 Å². The summed E-state index contributed by atoms with van der Waals surface area (Å²) < 4.78 is 28.2. The van der Waals surface area contributed by atoms with E-state index in [1.807, 2.05) is 37.3 Å². The van der Waals surface area contributed by atoms with Crippen molar-refractivity contribution in [2.45, 2.75) is 32.1 Å². The van der Waals surface area contributed by atoms with E-state index in [0.29, 0.717) is 29.3 Å². The average Bonchev–Trinajstić information content (AvgIpc) is 2.61. The maximum atomic E-state index is 12.8. The Balaban J connectivity index is 1.98. The summed E-state index contributed by atoms with van der Waals surface area (Å²) in [5.74, 6) is 1.17. The number of sulfonamides is 1. The Labute approximate surface area is 160 Å². The summed E-state index contributed by atoms with van der Waals surface area (Å²) in [5, 5.41) is 3.22. The molecule has 0 aliphatic carbocycles. The zero-order chi connectivity index (χ0) is 19.4. The van der Waals surface area contributed by atoms with Crippen LogP contribution in [0.3, 0.4) is 0 Å². The lowest BCUT2D eigenvalue weighted by atomic mass is 10.1. The molecule has 0 atom stereocenters. The Kier molecular flexibility index (Phi) is 5.60. The molecular weight excluding hydrogens is 360 g/mol. The Morgan fingerprint density at radius 1 is 0.963 bits per heavy atom. The maximum absolute atomic E-state index is 12.8. The summed E-state index contributed by atoms with van der Waals surface area (Å²) >= 11 is 0. The van der Waals surface area contributed by atoms with Crippen molar-refractivity contribution >= 4 is 32.7 Å². The number of aromatic nitrogens is 2. The molecule has 6 nitrogen and oxygen atoms in total. The van der Waals surface area contributed by atoms with Gasteiger partial charge in [-0.15, -0.1) is 0 Å². The normalized spacial score (nSPS) is 11.7. The van der Waals surface area contributed by atoms with Gasteiger partial charge in [-0.3, -0.25) is 4.72 Å². The van der Waals surface area contributed by atoms with Crippen molar-refractivity contribution in [2.75, 3.05) is 16.6 Å². The Bertz CT molecular complexity index is 1050. The molecule has 27 heavy (non-hydrogen) atoms. The van der Waals surface area contributed by atoms with Crippen molar-refractivity contribution in [3.05, 3.63) is 54.1 Å². The van der Waals surface area contributed by atoms with E-state index >= 15 is 0 Å². The van der Waals surface area contributed by atoms with Crippen LogP contribution >= 0.6 is 0 Å². The van der Waals surface area contributed by atoms with Gasteiger partial charge in [0.15, 0.2) is 11.6 Å². The highest BCUT2D eigenvalue weighted by atomic mass is 32.2. The zero-order valence-corrected chi connectivity index (χ0v) is 16.5. The zero-order valence-electron chi connectivity index (χ0n) is 15.7. The first-order valence-electron chi connectivity index (χ1n) is 8.95. The maximum Gasteiger partial charge on any atom is 0.263 e. The molecule has 7 heteroatoms. The second-order valence-electron chi connectivity index (χ2n) is 6.94. The van der Waals surface area contributed by atoms with E-state index in [1.165, 1.54) is 0 Å². The number of benzene rings is 2. The van der Waals surface area contributed by atoms with Crippen LogP contribution < -0.4 is 10.0 Å². The lowest BCUT2D eigenvalue weighted by molar-refractivity contribution is 0.600. The van der Waals surface area contributed by atoms with Gasteiger partial charge in [0.05, 0.1) is 15.9 Å². The molecule has 142 valence electrons. The van der Waals surface area contributed by atoms with E-state index in [2.05, 4.69) is 33.9 Å². The molecular formula is C20H24N4O2S. The van der Waals surface area contributed by atoms with Gasteiger partial charge in [-0.25, -0.2) is 18.4 Å². The van der Waals surface area contributed by atoms with E-state index in [1.54, 1.807) is 18.2 Å². The molecule has 0 bridgehead atoms. The molecule has 2 aromatic carbocycles. The summed E-state index contributed by atoms with van der Waals surface area (Å²) in [7, 11) is -3.76. The number of rotatable bonds is 7. The predicted molar refractivity (Wildman–Crippen MR) is 109 cm³/mol.